The summed E-state index contributed by atoms with van der Waals surface area (Å²) in [6.45, 7) is 2.01. The molecule has 1 aromatic heterocycles. The topological polar surface area (TPSA) is 82.3 Å². The zero-order valence-corrected chi connectivity index (χ0v) is 10.1. The molecule has 0 saturated heterocycles. The quantitative estimate of drug-likeness (QED) is 0.365. The molecule has 0 atom stereocenters. The Morgan fingerprint density at radius 2 is 2.31 bits per heavy atom. The summed E-state index contributed by atoms with van der Waals surface area (Å²) in [5.74, 6) is -0.654. The summed E-state index contributed by atoms with van der Waals surface area (Å²) < 4.78 is 5.04. The first-order chi connectivity index (χ1) is 7.54. The van der Waals surface area contributed by atoms with Crippen LogP contribution in [0.25, 0.3) is 0 Å². The van der Waals surface area contributed by atoms with Crippen LogP contribution in [-0.4, -0.2) is 22.5 Å². The van der Waals surface area contributed by atoms with E-state index in [1.54, 1.807) is 6.92 Å². The van der Waals surface area contributed by atoms with Gasteiger partial charge in [0.05, 0.1) is 13.0 Å². The van der Waals surface area contributed by atoms with Crippen LogP contribution in [0.5, 0.6) is 0 Å². The molecule has 0 aliphatic heterocycles. The lowest BCUT2D eigenvalue weighted by molar-refractivity contribution is -0.389. The molecule has 1 rings (SSSR count). The van der Waals surface area contributed by atoms with E-state index in [0.29, 0.717) is 12.2 Å². The lowest BCUT2D eigenvalue weighted by atomic mass is 10.2. The second-order valence-electron chi connectivity index (χ2n) is 2.86. The number of ether oxygens (including phenoxy) is 1. The number of hydrogen-bond donors (Lipinski definition) is 0. The number of esters is 1. The van der Waals surface area contributed by atoms with Crippen molar-refractivity contribution in [2.45, 2.75) is 13.3 Å². The number of pyridine rings is 1. The van der Waals surface area contributed by atoms with Crippen LogP contribution in [0.15, 0.2) is 16.7 Å². The third-order valence-corrected chi connectivity index (χ3v) is 2.43. The first kappa shape index (κ1) is 12.6. The number of carbonyl (C=O) groups is 1. The number of halogens is 1. The minimum absolute atomic E-state index is 0.0411. The summed E-state index contributed by atoms with van der Waals surface area (Å²) in [5.41, 5.74) is 0.559. The van der Waals surface area contributed by atoms with Crippen molar-refractivity contribution >= 4 is 27.7 Å². The van der Waals surface area contributed by atoms with E-state index in [9.17, 15) is 14.9 Å². The molecular formula is C9H9BrN2O4. The van der Waals surface area contributed by atoms with E-state index in [2.05, 4.69) is 20.9 Å². The van der Waals surface area contributed by atoms with Gasteiger partial charge in [0.1, 0.15) is 0 Å². The van der Waals surface area contributed by atoms with Crippen molar-refractivity contribution in [3.63, 3.8) is 0 Å². The van der Waals surface area contributed by atoms with E-state index in [1.165, 1.54) is 12.1 Å². The van der Waals surface area contributed by atoms with Crippen molar-refractivity contribution in [2.75, 3.05) is 6.61 Å². The Hall–Kier alpha value is -1.50. The van der Waals surface area contributed by atoms with Gasteiger partial charge in [-0.05, 0) is 22.9 Å². The fourth-order valence-corrected chi connectivity index (χ4v) is 1.51. The molecule has 0 aliphatic carbocycles. The van der Waals surface area contributed by atoms with Gasteiger partial charge in [0.15, 0.2) is 0 Å². The van der Waals surface area contributed by atoms with Gasteiger partial charge in [0.2, 0.25) is 4.60 Å². The number of rotatable bonds is 4. The molecule has 0 aliphatic rings. The minimum atomic E-state index is -0.598. The normalized spacial score (nSPS) is 9.88. The third kappa shape index (κ3) is 3.27. The Morgan fingerprint density at radius 1 is 1.62 bits per heavy atom. The smallest absolute Gasteiger partial charge is 0.364 e. The third-order valence-electron chi connectivity index (χ3n) is 1.74. The lowest BCUT2D eigenvalue weighted by Gasteiger charge is -2.01. The molecule has 86 valence electrons. The molecule has 0 bridgehead atoms. The summed E-state index contributed by atoms with van der Waals surface area (Å²) in [4.78, 5) is 24.7. The van der Waals surface area contributed by atoms with E-state index in [1.807, 2.05) is 0 Å². The zero-order chi connectivity index (χ0) is 12.1. The maximum absolute atomic E-state index is 11.2. The summed E-state index contributed by atoms with van der Waals surface area (Å²) in [6, 6.07) is 2.73. The average Bonchev–Trinajstić information content (AvgIpc) is 2.21. The van der Waals surface area contributed by atoms with Crippen molar-refractivity contribution in [1.82, 2.24) is 4.98 Å². The van der Waals surface area contributed by atoms with Crippen LogP contribution in [0.3, 0.4) is 0 Å². The van der Waals surface area contributed by atoms with Gasteiger partial charge in [-0.1, -0.05) is 0 Å². The molecule has 0 spiro atoms. The number of aromatic nitrogens is 1. The highest BCUT2D eigenvalue weighted by atomic mass is 79.9. The highest BCUT2D eigenvalue weighted by molar-refractivity contribution is 9.10. The van der Waals surface area contributed by atoms with Gasteiger partial charge < -0.3 is 14.9 Å². The van der Waals surface area contributed by atoms with Gasteiger partial charge in [-0.25, -0.2) is 0 Å². The van der Waals surface area contributed by atoms with Crippen LogP contribution < -0.4 is 0 Å². The van der Waals surface area contributed by atoms with Crippen LogP contribution in [-0.2, 0) is 16.0 Å². The summed E-state index contributed by atoms with van der Waals surface area (Å²) in [6.07, 6.45) is 0.0411. The van der Waals surface area contributed by atoms with Crippen molar-refractivity contribution in [1.29, 1.82) is 0 Å². The van der Waals surface area contributed by atoms with Crippen molar-refractivity contribution in [3.05, 3.63) is 32.4 Å². The first-order valence-corrected chi connectivity index (χ1v) is 5.29. The maximum Gasteiger partial charge on any atom is 0.364 e. The Kier molecular flexibility index (Phi) is 4.36. The molecule has 0 radical (unpaired) electrons. The summed E-state index contributed by atoms with van der Waals surface area (Å²) in [7, 11) is 0. The van der Waals surface area contributed by atoms with E-state index in [0.717, 1.165) is 0 Å². The minimum Gasteiger partial charge on any atom is -0.466 e. The predicted octanol–water partition coefficient (Wildman–Crippen LogP) is 1.86. The van der Waals surface area contributed by atoms with E-state index >= 15 is 0 Å². The second kappa shape index (κ2) is 5.55. The van der Waals surface area contributed by atoms with Crippen molar-refractivity contribution < 1.29 is 14.5 Å². The van der Waals surface area contributed by atoms with E-state index < -0.39 is 4.92 Å². The monoisotopic (exact) mass is 288 g/mol. The van der Waals surface area contributed by atoms with Crippen LogP contribution >= 0.6 is 15.9 Å². The van der Waals surface area contributed by atoms with E-state index in [4.69, 9.17) is 4.74 Å². The van der Waals surface area contributed by atoms with Crippen LogP contribution in [0.1, 0.15) is 12.5 Å². The Balaban J connectivity index is 2.83. The van der Waals surface area contributed by atoms with Gasteiger partial charge in [0, 0.05) is 27.6 Å². The SMILES string of the molecule is CCOC(=O)Cc1ccc([N+](=O)[O-])nc1Br. The molecular weight excluding hydrogens is 280 g/mol. The Bertz CT molecular complexity index is 422. The van der Waals surface area contributed by atoms with Crippen LogP contribution in [0.2, 0.25) is 0 Å². The Morgan fingerprint density at radius 3 is 2.81 bits per heavy atom. The molecule has 0 N–H and O–H groups in total. The predicted molar refractivity (Wildman–Crippen MR) is 58.9 cm³/mol. The Labute approximate surface area is 99.9 Å². The maximum atomic E-state index is 11.2. The summed E-state index contributed by atoms with van der Waals surface area (Å²) >= 11 is 3.07. The molecule has 0 fully saturated rings. The zero-order valence-electron chi connectivity index (χ0n) is 8.47. The molecule has 1 aromatic rings. The van der Waals surface area contributed by atoms with Crippen molar-refractivity contribution in [2.24, 2.45) is 0 Å². The molecule has 0 saturated carbocycles. The fraction of sp³-hybridized carbons (Fsp3) is 0.333. The number of carbonyl (C=O) groups excluding carboxylic acids is 1. The fourth-order valence-electron chi connectivity index (χ4n) is 1.05. The average molecular weight is 289 g/mol. The lowest BCUT2D eigenvalue weighted by Crippen LogP contribution is -2.08. The largest absolute Gasteiger partial charge is 0.466 e. The molecule has 1 heterocycles. The molecule has 16 heavy (non-hydrogen) atoms. The van der Waals surface area contributed by atoms with Crippen LogP contribution in [0.4, 0.5) is 5.82 Å². The standard InChI is InChI=1S/C9H9BrN2O4/c1-2-16-8(13)5-6-3-4-7(12(14)15)11-9(6)10/h3-4H,2,5H2,1H3. The molecule has 0 unspecified atom stereocenters. The molecule has 7 heteroatoms. The van der Waals surface area contributed by atoms with E-state index in [-0.39, 0.29) is 22.8 Å². The van der Waals surface area contributed by atoms with Gasteiger partial charge >= 0.3 is 11.8 Å². The number of nitrogens with zero attached hydrogens (tertiary/aromatic N) is 2. The van der Waals surface area contributed by atoms with Crippen molar-refractivity contribution in [3.8, 4) is 0 Å². The molecule has 6 nitrogen and oxygen atoms in total. The first-order valence-electron chi connectivity index (χ1n) is 4.50. The van der Waals surface area contributed by atoms with Gasteiger partial charge in [0.25, 0.3) is 0 Å². The van der Waals surface area contributed by atoms with Gasteiger partial charge in [-0.2, -0.15) is 0 Å². The highest BCUT2D eigenvalue weighted by Crippen LogP contribution is 2.19. The number of nitro groups is 1. The number of hydrogen-bond acceptors (Lipinski definition) is 5. The second-order valence-corrected chi connectivity index (χ2v) is 3.61. The van der Waals surface area contributed by atoms with Gasteiger partial charge in [-0.3, -0.25) is 4.79 Å². The molecule has 0 amide bonds. The molecule has 0 aromatic carbocycles. The van der Waals surface area contributed by atoms with Crippen LogP contribution in [0, 0.1) is 10.1 Å². The summed E-state index contributed by atoms with van der Waals surface area (Å²) in [5, 5.41) is 10.4. The highest BCUT2D eigenvalue weighted by Gasteiger charge is 2.15. The van der Waals surface area contributed by atoms with Gasteiger partial charge in [-0.15, -0.1) is 0 Å².